The van der Waals surface area contributed by atoms with Crippen LogP contribution in [0.25, 0.3) is 0 Å². The van der Waals surface area contributed by atoms with Crippen molar-refractivity contribution < 1.29 is 19.5 Å². The Bertz CT molecular complexity index is 506. The molecule has 138 valence electrons. The lowest BCUT2D eigenvalue weighted by Gasteiger charge is -2.30. The van der Waals surface area contributed by atoms with Gasteiger partial charge in [0.2, 0.25) is 11.8 Å². The molecule has 4 N–H and O–H groups in total. The van der Waals surface area contributed by atoms with Gasteiger partial charge in [-0.2, -0.15) is 0 Å². The standard InChI is InChI=1S/C17H31N3O4/c1-10(2)12(8-11(3)16(23)24)20(7)13(21)9-19-15(22)14(18)17(4,5)6/h8,10,12,14H,9,18H2,1-7H3,(H,19,22)(H,23,24)/t12-,14-/m1/s1. The van der Waals surface area contributed by atoms with Crippen LogP contribution in [0.15, 0.2) is 11.6 Å². The first-order chi connectivity index (χ1) is 10.8. The third kappa shape index (κ3) is 6.70. The van der Waals surface area contributed by atoms with E-state index in [0.29, 0.717) is 0 Å². The minimum Gasteiger partial charge on any atom is -0.478 e. The summed E-state index contributed by atoms with van der Waals surface area (Å²) in [5.41, 5.74) is 5.62. The van der Waals surface area contributed by atoms with E-state index in [2.05, 4.69) is 5.32 Å². The normalized spacial score (nSPS) is 15.0. The predicted octanol–water partition coefficient (Wildman–Crippen LogP) is 0.990. The van der Waals surface area contributed by atoms with E-state index in [1.54, 1.807) is 13.1 Å². The van der Waals surface area contributed by atoms with Crippen molar-refractivity contribution in [3.05, 3.63) is 11.6 Å². The molecule has 24 heavy (non-hydrogen) atoms. The Balaban J connectivity index is 4.93. The number of likely N-dealkylation sites (N-methyl/N-ethyl adjacent to an activating group) is 1. The zero-order valence-electron chi connectivity index (χ0n) is 15.7. The third-order valence-corrected chi connectivity index (χ3v) is 3.91. The summed E-state index contributed by atoms with van der Waals surface area (Å²) in [6, 6.07) is -1.09. The van der Waals surface area contributed by atoms with Crippen molar-refractivity contribution in [2.45, 2.75) is 53.6 Å². The maximum absolute atomic E-state index is 12.3. The fourth-order valence-corrected chi connectivity index (χ4v) is 2.04. The van der Waals surface area contributed by atoms with Gasteiger partial charge in [0.1, 0.15) is 0 Å². The molecule has 0 unspecified atom stereocenters. The molecule has 7 heteroatoms. The number of aliphatic carboxylic acids is 1. The second kappa shape index (κ2) is 8.82. The maximum Gasteiger partial charge on any atom is 0.331 e. The van der Waals surface area contributed by atoms with Gasteiger partial charge < -0.3 is 21.1 Å². The Hall–Kier alpha value is -1.89. The molecule has 2 amide bonds. The summed E-state index contributed by atoms with van der Waals surface area (Å²) in [6.07, 6.45) is 1.55. The van der Waals surface area contributed by atoms with Gasteiger partial charge in [-0.05, 0) is 18.3 Å². The van der Waals surface area contributed by atoms with Gasteiger partial charge in [0, 0.05) is 12.6 Å². The highest BCUT2D eigenvalue weighted by Crippen LogP contribution is 2.17. The Kier molecular flexibility index (Phi) is 8.13. The van der Waals surface area contributed by atoms with E-state index in [0.717, 1.165) is 0 Å². The maximum atomic E-state index is 12.3. The summed E-state index contributed by atoms with van der Waals surface area (Å²) in [6.45, 7) is 10.6. The molecule has 0 spiro atoms. The summed E-state index contributed by atoms with van der Waals surface area (Å²) in [5.74, 6) is -1.69. The van der Waals surface area contributed by atoms with Crippen LogP contribution in [-0.2, 0) is 14.4 Å². The largest absolute Gasteiger partial charge is 0.478 e. The summed E-state index contributed by atoms with van der Waals surface area (Å²) in [4.78, 5) is 36.7. The van der Waals surface area contributed by atoms with E-state index in [-0.39, 0.29) is 35.9 Å². The van der Waals surface area contributed by atoms with Crippen molar-refractivity contribution in [3.63, 3.8) is 0 Å². The molecule has 7 nitrogen and oxygen atoms in total. The molecular formula is C17H31N3O4. The van der Waals surface area contributed by atoms with E-state index in [4.69, 9.17) is 10.8 Å². The van der Waals surface area contributed by atoms with Crippen molar-refractivity contribution >= 4 is 17.8 Å². The first-order valence-electron chi connectivity index (χ1n) is 7.99. The van der Waals surface area contributed by atoms with E-state index in [1.165, 1.54) is 11.8 Å². The number of carbonyl (C=O) groups excluding carboxylic acids is 2. The smallest absolute Gasteiger partial charge is 0.331 e. The first kappa shape index (κ1) is 22.1. The monoisotopic (exact) mass is 341 g/mol. The van der Waals surface area contributed by atoms with E-state index in [9.17, 15) is 14.4 Å². The molecule has 0 bridgehead atoms. The molecule has 0 radical (unpaired) electrons. The molecule has 0 fully saturated rings. The molecule has 0 aliphatic rings. The number of hydrogen-bond donors (Lipinski definition) is 3. The molecule has 0 aromatic heterocycles. The van der Waals surface area contributed by atoms with Crippen molar-refractivity contribution in [3.8, 4) is 0 Å². The molecule has 0 aromatic carbocycles. The Morgan fingerprint density at radius 2 is 1.75 bits per heavy atom. The molecule has 0 saturated carbocycles. The molecule has 0 saturated heterocycles. The van der Waals surface area contributed by atoms with Crippen LogP contribution in [0.5, 0.6) is 0 Å². The Labute approximate surface area is 144 Å². The van der Waals surface area contributed by atoms with Crippen LogP contribution in [0.1, 0.15) is 41.5 Å². The molecule has 0 rings (SSSR count). The molecular weight excluding hydrogens is 310 g/mol. The molecule has 0 aromatic rings. The van der Waals surface area contributed by atoms with Crippen LogP contribution in [0.2, 0.25) is 0 Å². The highest BCUT2D eigenvalue weighted by Gasteiger charge is 2.28. The Morgan fingerprint density at radius 3 is 2.12 bits per heavy atom. The number of carboxylic acids is 1. The number of rotatable bonds is 7. The van der Waals surface area contributed by atoms with Crippen LogP contribution in [0.3, 0.4) is 0 Å². The second-order valence-electron chi connectivity index (χ2n) is 7.46. The number of nitrogens with zero attached hydrogens (tertiary/aromatic N) is 1. The van der Waals surface area contributed by atoms with Crippen LogP contribution >= 0.6 is 0 Å². The number of carbonyl (C=O) groups is 3. The second-order valence-corrected chi connectivity index (χ2v) is 7.46. The van der Waals surface area contributed by atoms with Crippen LogP contribution in [-0.4, -0.2) is 53.5 Å². The summed E-state index contributed by atoms with van der Waals surface area (Å²) in [7, 11) is 1.59. The average molecular weight is 341 g/mol. The molecule has 2 atom stereocenters. The van der Waals surface area contributed by atoms with Gasteiger partial charge in [-0.25, -0.2) is 4.79 Å². The van der Waals surface area contributed by atoms with E-state index < -0.39 is 17.4 Å². The van der Waals surface area contributed by atoms with Gasteiger partial charge in [0.25, 0.3) is 0 Å². The fraction of sp³-hybridized carbons (Fsp3) is 0.706. The highest BCUT2D eigenvalue weighted by molar-refractivity contribution is 5.88. The fourth-order valence-electron chi connectivity index (χ4n) is 2.04. The predicted molar refractivity (Wildman–Crippen MR) is 93.2 cm³/mol. The lowest BCUT2D eigenvalue weighted by atomic mass is 9.87. The zero-order valence-corrected chi connectivity index (χ0v) is 15.7. The van der Waals surface area contributed by atoms with Gasteiger partial charge in [0.05, 0.1) is 18.6 Å². The average Bonchev–Trinajstić information content (AvgIpc) is 2.46. The number of amides is 2. The lowest BCUT2D eigenvalue weighted by molar-refractivity contribution is -0.134. The van der Waals surface area contributed by atoms with Gasteiger partial charge in [-0.1, -0.05) is 40.7 Å². The minimum absolute atomic E-state index is 0.0285. The topological polar surface area (TPSA) is 113 Å². The van der Waals surface area contributed by atoms with E-state index in [1.807, 2.05) is 34.6 Å². The van der Waals surface area contributed by atoms with Crippen molar-refractivity contribution in [2.24, 2.45) is 17.1 Å². The number of hydrogen-bond acceptors (Lipinski definition) is 4. The van der Waals surface area contributed by atoms with Gasteiger partial charge in [-0.3, -0.25) is 9.59 Å². The van der Waals surface area contributed by atoms with Gasteiger partial charge in [-0.15, -0.1) is 0 Å². The minimum atomic E-state index is -1.02. The molecule has 0 aliphatic heterocycles. The summed E-state index contributed by atoms with van der Waals surface area (Å²) in [5, 5.41) is 11.6. The van der Waals surface area contributed by atoms with Crippen LogP contribution in [0, 0.1) is 11.3 Å². The summed E-state index contributed by atoms with van der Waals surface area (Å²) < 4.78 is 0. The lowest BCUT2D eigenvalue weighted by Crippen LogP contribution is -2.51. The van der Waals surface area contributed by atoms with Gasteiger partial charge in [0.15, 0.2) is 0 Å². The number of nitrogens with two attached hydrogens (primary N) is 1. The first-order valence-corrected chi connectivity index (χ1v) is 7.99. The van der Waals surface area contributed by atoms with Crippen molar-refractivity contribution in [1.29, 1.82) is 0 Å². The Morgan fingerprint density at radius 1 is 1.25 bits per heavy atom. The summed E-state index contributed by atoms with van der Waals surface area (Å²) >= 11 is 0. The number of nitrogens with one attached hydrogen (secondary N) is 1. The van der Waals surface area contributed by atoms with E-state index >= 15 is 0 Å². The van der Waals surface area contributed by atoms with Crippen molar-refractivity contribution in [2.75, 3.05) is 13.6 Å². The van der Waals surface area contributed by atoms with Crippen molar-refractivity contribution in [1.82, 2.24) is 10.2 Å². The third-order valence-electron chi connectivity index (χ3n) is 3.91. The molecule has 0 heterocycles. The SMILES string of the molecule is CC(=C[C@H](C(C)C)N(C)C(=O)CNC(=O)[C@@H](N)C(C)(C)C)C(=O)O. The van der Waals surface area contributed by atoms with Crippen LogP contribution in [0.4, 0.5) is 0 Å². The molecule has 0 aliphatic carbocycles. The van der Waals surface area contributed by atoms with Gasteiger partial charge >= 0.3 is 5.97 Å². The zero-order chi connectivity index (χ0) is 19.2. The van der Waals surface area contributed by atoms with Crippen LogP contribution < -0.4 is 11.1 Å². The highest BCUT2D eigenvalue weighted by atomic mass is 16.4. The quantitative estimate of drug-likeness (QED) is 0.598. The number of carboxylic acid groups (broad SMARTS) is 1.